The molecule has 4 aromatic rings. The largest absolute Gasteiger partial charge is 0.357 e. The van der Waals surface area contributed by atoms with Crippen LogP contribution in [0.1, 0.15) is 5.56 Å². The zero-order chi connectivity index (χ0) is 21.7. The van der Waals surface area contributed by atoms with Crippen molar-refractivity contribution in [2.45, 2.75) is 6.54 Å². The van der Waals surface area contributed by atoms with E-state index < -0.39 is 7.05 Å². The van der Waals surface area contributed by atoms with Gasteiger partial charge in [-0.1, -0.05) is 84.4 Å². The lowest BCUT2D eigenvalue weighted by atomic mass is 10.2. The fraction of sp³-hybridized carbons (Fsp3) is 0.0800. The Morgan fingerprint density at radius 3 is 1.97 bits per heavy atom. The molecule has 0 aliphatic carbocycles. The van der Waals surface area contributed by atoms with E-state index in [1.165, 1.54) is 10.6 Å². The molecule has 31 heavy (non-hydrogen) atoms. The minimum absolute atomic E-state index is 0.497. The summed E-state index contributed by atoms with van der Waals surface area (Å²) in [5, 5.41) is 6.88. The maximum absolute atomic E-state index is 6.01. The molecule has 4 rings (SSSR count). The standard InChI is InChI=1S/C25H23ClN3PS/c1-29-18-8-13-24(29)30(22-9-4-2-5-10-22,23-11-6-3-7-12-23)28-25(31)27-19-20-14-16-21(26)17-15-20/h2-18H,19H2,1H3,(H,27,31). The van der Waals surface area contributed by atoms with E-state index in [0.717, 1.165) is 16.0 Å². The molecule has 0 spiro atoms. The number of nitrogens with one attached hydrogen (secondary N) is 1. The van der Waals surface area contributed by atoms with Gasteiger partial charge in [0.05, 0.1) is 12.5 Å². The van der Waals surface area contributed by atoms with E-state index >= 15 is 0 Å². The summed E-state index contributed by atoms with van der Waals surface area (Å²) in [5.74, 6) is 0. The van der Waals surface area contributed by atoms with Crippen LogP contribution in [0.4, 0.5) is 0 Å². The molecule has 0 atom stereocenters. The topological polar surface area (TPSA) is 29.3 Å². The summed E-state index contributed by atoms with van der Waals surface area (Å²) in [4.78, 5) is 0. The predicted molar refractivity (Wildman–Crippen MR) is 137 cm³/mol. The predicted octanol–water partition coefficient (Wildman–Crippen LogP) is 5.23. The summed E-state index contributed by atoms with van der Waals surface area (Å²) in [6.45, 7) is 0.593. The van der Waals surface area contributed by atoms with Crippen molar-refractivity contribution in [2.75, 3.05) is 0 Å². The lowest BCUT2D eigenvalue weighted by Gasteiger charge is -2.27. The summed E-state index contributed by atoms with van der Waals surface area (Å²) < 4.78 is 7.42. The maximum atomic E-state index is 6.01. The van der Waals surface area contributed by atoms with Crippen LogP contribution in [0.2, 0.25) is 5.02 Å². The van der Waals surface area contributed by atoms with Gasteiger partial charge >= 0.3 is 0 Å². The molecule has 0 fully saturated rings. The van der Waals surface area contributed by atoms with Crippen molar-refractivity contribution >= 4 is 52.0 Å². The molecule has 0 aliphatic rings. The molecule has 1 N–H and O–H groups in total. The molecule has 1 aromatic heterocycles. The molecule has 0 amide bonds. The Labute approximate surface area is 193 Å². The number of halogens is 1. The first kappa shape index (κ1) is 21.6. The van der Waals surface area contributed by atoms with E-state index in [2.05, 4.69) is 83.8 Å². The van der Waals surface area contributed by atoms with E-state index in [1.54, 1.807) is 0 Å². The first-order valence-electron chi connectivity index (χ1n) is 9.97. The Morgan fingerprint density at radius 2 is 1.45 bits per heavy atom. The fourth-order valence-electron chi connectivity index (χ4n) is 3.61. The van der Waals surface area contributed by atoms with Crippen molar-refractivity contribution in [1.29, 1.82) is 0 Å². The summed E-state index contributed by atoms with van der Waals surface area (Å²) in [6.07, 6.45) is 2.07. The van der Waals surface area contributed by atoms with Crippen molar-refractivity contribution in [3.05, 3.63) is 114 Å². The van der Waals surface area contributed by atoms with E-state index in [4.69, 9.17) is 28.6 Å². The quantitative estimate of drug-likeness (QED) is 0.324. The Morgan fingerprint density at radius 1 is 0.871 bits per heavy atom. The zero-order valence-electron chi connectivity index (χ0n) is 17.1. The van der Waals surface area contributed by atoms with E-state index in [0.29, 0.717) is 11.7 Å². The van der Waals surface area contributed by atoms with Crippen LogP contribution >= 0.6 is 30.9 Å². The van der Waals surface area contributed by atoms with Crippen molar-refractivity contribution < 1.29 is 0 Å². The Kier molecular flexibility index (Phi) is 6.72. The molecule has 0 bridgehead atoms. The van der Waals surface area contributed by atoms with Crippen molar-refractivity contribution in [1.82, 2.24) is 9.88 Å². The molecule has 3 nitrogen and oxygen atoms in total. The van der Waals surface area contributed by atoms with Crippen LogP contribution in [0.3, 0.4) is 0 Å². The van der Waals surface area contributed by atoms with Gasteiger partial charge in [0.1, 0.15) is 0 Å². The first-order chi connectivity index (χ1) is 15.1. The Balaban J connectivity index is 1.84. The second-order valence-corrected chi connectivity index (χ2v) is 11.0. The van der Waals surface area contributed by atoms with Crippen LogP contribution in [0, 0.1) is 0 Å². The molecular weight excluding hydrogens is 441 g/mol. The van der Waals surface area contributed by atoms with Gasteiger partial charge in [-0.05, 0) is 42.0 Å². The van der Waals surface area contributed by atoms with Crippen molar-refractivity contribution in [3.63, 3.8) is 0 Å². The molecule has 6 heteroatoms. The first-order valence-corrected chi connectivity index (χ1v) is 12.5. The van der Waals surface area contributed by atoms with Gasteiger partial charge in [0, 0.05) is 35.4 Å². The summed E-state index contributed by atoms with van der Waals surface area (Å²) in [5.41, 5.74) is 2.25. The number of aryl methyl sites for hydroxylation is 1. The van der Waals surface area contributed by atoms with Crippen molar-refractivity contribution in [3.8, 4) is 0 Å². The van der Waals surface area contributed by atoms with E-state index in [9.17, 15) is 0 Å². The minimum atomic E-state index is -2.37. The minimum Gasteiger partial charge on any atom is -0.357 e. The number of hydrogen-bond donors (Lipinski definition) is 1. The molecule has 1 heterocycles. The molecular formula is C25H23ClN3PS. The molecule has 0 unspecified atom stereocenters. The van der Waals surface area contributed by atoms with Gasteiger partial charge < -0.3 is 9.88 Å². The number of thiocarbonyl (C=S) groups is 1. The number of nitrogens with zero attached hydrogens (tertiary/aromatic N) is 2. The highest BCUT2D eigenvalue weighted by Crippen LogP contribution is 2.46. The molecule has 3 aromatic carbocycles. The highest BCUT2D eigenvalue weighted by Gasteiger charge is 2.30. The highest BCUT2D eigenvalue weighted by atomic mass is 35.5. The normalized spacial score (nSPS) is 11.2. The molecule has 0 saturated heterocycles. The smallest absolute Gasteiger partial charge is 0.192 e. The number of benzene rings is 3. The lowest BCUT2D eigenvalue weighted by Crippen LogP contribution is -2.31. The number of hydrogen-bond acceptors (Lipinski definition) is 1. The second kappa shape index (κ2) is 9.65. The summed E-state index contributed by atoms with van der Waals surface area (Å²) >= 11 is 11.8. The number of aromatic nitrogens is 1. The zero-order valence-corrected chi connectivity index (χ0v) is 19.6. The summed E-state index contributed by atoms with van der Waals surface area (Å²) in [6, 6.07) is 32.9. The van der Waals surface area contributed by atoms with Gasteiger partial charge in [0.2, 0.25) is 0 Å². The van der Waals surface area contributed by atoms with Crippen LogP contribution in [-0.2, 0) is 13.6 Å². The maximum Gasteiger partial charge on any atom is 0.192 e. The highest BCUT2D eigenvalue weighted by molar-refractivity contribution is 7.88. The third-order valence-electron chi connectivity index (χ3n) is 5.11. The van der Waals surface area contributed by atoms with Crippen LogP contribution in [0.25, 0.3) is 0 Å². The van der Waals surface area contributed by atoms with Gasteiger partial charge in [0.15, 0.2) is 5.11 Å². The van der Waals surface area contributed by atoms with E-state index in [1.807, 2.05) is 36.4 Å². The van der Waals surface area contributed by atoms with Gasteiger partial charge in [-0.2, -0.15) is 0 Å². The molecule has 156 valence electrons. The SMILES string of the molecule is Cn1cccc1P(=NC(=S)NCc1ccc(Cl)cc1)(c1ccccc1)c1ccccc1. The summed E-state index contributed by atoms with van der Waals surface area (Å²) in [7, 11) is -0.300. The monoisotopic (exact) mass is 463 g/mol. The average molecular weight is 464 g/mol. The molecule has 0 radical (unpaired) electrons. The van der Waals surface area contributed by atoms with Crippen LogP contribution in [0.5, 0.6) is 0 Å². The molecule has 0 saturated carbocycles. The van der Waals surface area contributed by atoms with Gasteiger partial charge in [-0.25, -0.2) is 4.74 Å². The number of rotatable bonds is 5. The third kappa shape index (κ3) is 4.67. The Bertz CT molecular complexity index is 1180. The average Bonchev–Trinajstić information content (AvgIpc) is 3.24. The Hall–Kier alpha value is -2.65. The van der Waals surface area contributed by atoms with Crippen LogP contribution < -0.4 is 21.4 Å². The van der Waals surface area contributed by atoms with Crippen LogP contribution in [0.15, 0.2) is 108 Å². The second-order valence-electron chi connectivity index (χ2n) is 7.17. The fourth-order valence-corrected chi connectivity index (χ4v) is 7.71. The van der Waals surface area contributed by atoms with Crippen LogP contribution in [-0.4, -0.2) is 9.68 Å². The van der Waals surface area contributed by atoms with E-state index in [-0.39, 0.29) is 0 Å². The van der Waals surface area contributed by atoms with Gasteiger partial charge in [-0.3, -0.25) is 0 Å². The van der Waals surface area contributed by atoms with Gasteiger partial charge in [0.25, 0.3) is 0 Å². The lowest BCUT2D eigenvalue weighted by molar-refractivity contribution is 0.921. The third-order valence-corrected chi connectivity index (χ3v) is 9.45. The molecule has 0 aliphatic heterocycles. The van der Waals surface area contributed by atoms with Crippen molar-refractivity contribution in [2.24, 2.45) is 11.8 Å². The van der Waals surface area contributed by atoms with Gasteiger partial charge in [-0.15, -0.1) is 0 Å².